The van der Waals surface area contributed by atoms with Gasteiger partial charge in [0.1, 0.15) is 11.5 Å². The Morgan fingerprint density at radius 2 is 2.29 bits per heavy atom. The summed E-state index contributed by atoms with van der Waals surface area (Å²) in [6.45, 7) is 5.08. The maximum absolute atomic E-state index is 12.3. The van der Waals surface area contributed by atoms with Crippen molar-refractivity contribution in [3.63, 3.8) is 0 Å². The standard InChI is InChI=1S/C12H17N3O2/c1-8-7-17-9(2)6-15(8)12(16)10-4-3-5-11(13)14-10/h3-5,8-9H,6-7H2,1-2H3,(H2,13,14). The van der Waals surface area contributed by atoms with Crippen LogP contribution in [0.2, 0.25) is 0 Å². The van der Waals surface area contributed by atoms with E-state index < -0.39 is 0 Å². The largest absolute Gasteiger partial charge is 0.384 e. The van der Waals surface area contributed by atoms with Gasteiger partial charge in [-0.1, -0.05) is 6.07 Å². The predicted octanol–water partition coefficient (Wildman–Crippen LogP) is 0.913. The van der Waals surface area contributed by atoms with Crippen molar-refractivity contribution in [2.75, 3.05) is 18.9 Å². The highest BCUT2D eigenvalue weighted by molar-refractivity contribution is 5.92. The molecule has 5 nitrogen and oxygen atoms in total. The molecule has 1 aliphatic rings. The van der Waals surface area contributed by atoms with Gasteiger partial charge in [-0.15, -0.1) is 0 Å². The number of morpholine rings is 1. The van der Waals surface area contributed by atoms with Gasteiger partial charge < -0.3 is 15.4 Å². The van der Waals surface area contributed by atoms with Crippen molar-refractivity contribution in [2.24, 2.45) is 0 Å². The van der Waals surface area contributed by atoms with E-state index in [9.17, 15) is 4.79 Å². The zero-order valence-electron chi connectivity index (χ0n) is 10.1. The number of amides is 1. The summed E-state index contributed by atoms with van der Waals surface area (Å²) in [5, 5.41) is 0. The first-order valence-electron chi connectivity index (χ1n) is 5.73. The van der Waals surface area contributed by atoms with Gasteiger partial charge in [0.25, 0.3) is 5.91 Å². The van der Waals surface area contributed by atoms with E-state index in [0.717, 1.165) is 0 Å². The zero-order valence-corrected chi connectivity index (χ0v) is 10.1. The number of anilines is 1. The second-order valence-corrected chi connectivity index (χ2v) is 4.40. The molecule has 1 amide bonds. The first-order chi connectivity index (χ1) is 8.08. The molecule has 0 aromatic carbocycles. The van der Waals surface area contributed by atoms with E-state index in [1.807, 2.05) is 13.8 Å². The molecule has 0 radical (unpaired) electrons. The van der Waals surface area contributed by atoms with Gasteiger partial charge in [-0.3, -0.25) is 4.79 Å². The van der Waals surface area contributed by atoms with Crippen LogP contribution in [0.4, 0.5) is 5.82 Å². The molecule has 17 heavy (non-hydrogen) atoms. The maximum Gasteiger partial charge on any atom is 0.272 e. The van der Waals surface area contributed by atoms with E-state index >= 15 is 0 Å². The number of carbonyl (C=O) groups excluding carboxylic acids is 1. The fourth-order valence-electron chi connectivity index (χ4n) is 1.90. The van der Waals surface area contributed by atoms with Gasteiger partial charge in [0.05, 0.1) is 18.8 Å². The topological polar surface area (TPSA) is 68.5 Å². The second-order valence-electron chi connectivity index (χ2n) is 4.40. The minimum atomic E-state index is -0.0834. The number of nitrogen functional groups attached to an aromatic ring is 1. The van der Waals surface area contributed by atoms with Crippen LogP contribution in [0.25, 0.3) is 0 Å². The third-order valence-corrected chi connectivity index (χ3v) is 2.86. The first kappa shape index (κ1) is 11.9. The number of aromatic nitrogens is 1. The molecule has 0 bridgehead atoms. The molecule has 2 unspecified atom stereocenters. The van der Waals surface area contributed by atoms with Gasteiger partial charge in [0.15, 0.2) is 0 Å². The van der Waals surface area contributed by atoms with Crippen LogP contribution in [0.3, 0.4) is 0 Å². The second kappa shape index (κ2) is 4.71. The molecule has 1 saturated heterocycles. The van der Waals surface area contributed by atoms with Crippen molar-refractivity contribution in [3.8, 4) is 0 Å². The van der Waals surface area contributed by atoms with E-state index in [2.05, 4.69) is 4.98 Å². The number of rotatable bonds is 1. The fourth-order valence-corrected chi connectivity index (χ4v) is 1.90. The van der Waals surface area contributed by atoms with Gasteiger partial charge in [-0.05, 0) is 26.0 Å². The molecule has 0 spiro atoms. The van der Waals surface area contributed by atoms with Crippen LogP contribution in [0.15, 0.2) is 18.2 Å². The molecule has 2 rings (SSSR count). The van der Waals surface area contributed by atoms with E-state index in [-0.39, 0.29) is 18.1 Å². The normalized spacial score (nSPS) is 24.7. The number of carbonyl (C=O) groups is 1. The number of hydrogen-bond donors (Lipinski definition) is 1. The summed E-state index contributed by atoms with van der Waals surface area (Å²) in [6.07, 6.45) is 0.0659. The summed E-state index contributed by atoms with van der Waals surface area (Å²) < 4.78 is 5.49. The fraction of sp³-hybridized carbons (Fsp3) is 0.500. The van der Waals surface area contributed by atoms with E-state index in [0.29, 0.717) is 24.7 Å². The monoisotopic (exact) mass is 235 g/mol. The van der Waals surface area contributed by atoms with Crippen LogP contribution < -0.4 is 5.73 Å². The molecule has 5 heteroatoms. The Morgan fingerprint density at radius 1 is 1.53 bits per heavy atom. The Balaban J connectivity index is 2.18. The summed E-state index contributed by atoms with van der Waals surface area (Å²) in [4.78, 5) is 18.1. The highest BCUT2D eigenvalue weighted by Crippen LogP contribution is 2.15. The van der Waals surface area contributed by atoms with Gasteiger partial charge in [0, 0.05) is 6.54 Å². The summed E-state index contributed by atoms with van der Waals surface area (Å²) in [7, 11) is 0. The molecule has 0 aliphatic carbocycles. The van der Waals surface area contributed by atoms with Crippen molar-refractivity contribution in [1.82, 2.24) is 9.88 Å². The van der Waals surface area contributed by atoms with E-state index in [4.69, 9.17) is 10.5 Å². The Hall–Kier alpha value is -1.62. The molecule has 2 N–H and O–H groups in total. The Labute approximate surface area is 101 Å². The molecule has 2 heterocycles. The summed E-state index contributed by atoms with van der Waals surface area (Å²) >= 11 is 0. The molecule has 1 aromatic heterocycles. The van der Waals surface area contributed by atoms with E-state index in [1.54, 1.807) is 23.1 Å². The maximum atomic E-state index is 12.3. The molecule has 2 atom stereocenters. The van der Waals surface area contributed by atoms with Crippen molar-refractivity contribution < 1.29 is 9.53 Å². The minimum absolute atomic E-state index is 0.0659. The van der Waals surface area contributed by atoms with E-state index in [1.165, 1.54) is 0 Å². The molecule has 1 aromatic rings. The molecule has 1 fully saturated rings. The number of hydrogen-bond acceptors (Lipinski definition) is 4. The highest BCUT2D eigenvalue weighted by Gasteiger charge is 2.28. The molecule has 1 aliphatic heterocycles. The minimum Gasteiger partial charge on any atom is -0.384 e. The highest BCUT2D eigenvalue weighted by atomic mass is 16.5. The van der Waals surface area contributed by atoms with Crippen LogP contribution in [-0.4, -0.2) is 41.1 Å². The lowest BCUT2D eigenvalue weighted by molar-refractivity contribution is -0.0388. The third-order valence-electron chi connectivity index (χ3n) is 2.86. The number of pyridine rings is 1. The number of nitrogens with zero attached hydrogens (tertiary/aromatic N) is 2. The number of nitrogens with two attached hydrogens (primary N) is 1. The van der Waals surface area contributed by atoms with Gasteiger partial charge >= 0.3 is 0 Å². The predicted molar refractivity (Wildman–Crippen MR) is 64.6 cm³/mol. The zero-order chi connectivity index (χ0) is 12.4. The molecule has 92 valence electrons. The lowest BCUT2D eigenvalue weighted by atomic mass is 10.2. The third kappa shape index (κ3) is 2.55. The lowest BCUT2D eigenvalue weighted by Gasteiger charge is -2.36. The van der Waals surface area contributed by atoms with Gasteiger partial charge in [-0.25, -0.2) is 4.98 Å². The quantitative estimate of drug-likeness (QED) is 0.785. The van der Waals surface area contributed by atoms with Gasteiger partial charge in [0.2, 0.25) is 0 Å². The molecular formula is C12H17N3O2. The van der Waals surface area contributed by atoms with Crippen LogP contribution in [-0.2, 0) is 4.74 Å². The Morgan fingerprint density at radius 3 is 3.00 bits per heavy atom. The smallest absolute Gasteiger partial charge is 0.272 e. The van der Waals surface area contributed by atoms with Gasteiger partial charge in [-0.2, -0.15) is 0 Å². The van der Waals surface area contributed by atoms with Crippen molar-refractivity contribution >= 4 is 11.7 Å². The summed E-state index contributed by atoms with van der Waals surface area (Å²) in [5.41, 5.74) is 5.98. The van der Waals surface area contributed by atoms with Crippen molar-refractivity contribution in [2.45, 2.75) is 26.0 Å². The Kier molecular flexibility index (Phi) is 3.28. The average molecular weight is 235 g/mol. The first-order valence-corrected chi connectivity index (χ1v) is 5.73. The SMILES string of the molecule is CC1CN(C(=O)c2cccc(N)n2)C(C)CO1. The van der Waals surface area contributed by atoms with Crippen molar-refractivity contribution in [1.29, 1.82) is 0 Å². The van der Waals surface area contributed by atoms with Crippen LogP contribution >= 0.6 is 0 Å². The van der Waals surface area contributed by atoms with Crippen LogP contribution in [0.1, 0.15) is 24.3 Å². The van der Waals surface area contributed by atoms with Crippen LogP contribution in [0, 0.1) is 0 Å². The molecule has 0 saturated carbocycles. The number of ether oxygens (including phenoxy) is 1. The average Bonchev–Trinajstić information content (AvgIpc) is 2.31. The lowest BCUT2D eigenvalue weighted by Crippen LogP contribution is -2.50. The van der Waals surface area contributed by atoms with Crippen molar-refractivity contribution in [3.05, 3.63) is 23.9 Å². The Bertz CT molecular complexity index is 422. The van der Waals surface area contributed by atoms with Crippen LogP contribution in [0.5, 0.6) is 0 Å². The summed E-state index contributed by atoms with van der Waals surface area (Å²) in [6, 6.07) is 5.17. The molecular weight excluding hydrogens is 218 g/mol. The summed E-state index contributed by atoms with van der Waals surface area (Å²) in [5.74, 6) is 0.282.